The molecule has 0 aliphatic heterocycles. The first-order valence-corrected chi connectivity index (χ1v) is 7.88. The Morgan fingerprint density at radius 2 is 2.00 bits per heavy atom. The highest BCUT2D eigenvalue weighted by Crippen LogP contribution is 2.25. The van der Waals surface area contributed by atoms with Crippen molar-refractivity contribution in [2.75, 3.05) is 18.9 Å². The summed E-state index contributed by atoms with van der Waals surface area (Å²) >= 11 is 0. The molecule has 23 heavy (non-hydrogen) atoms. The normalized spacial score (nSPS) is 20.9. The van der Waals surface area contributed by atoms with Crippen LogP contribution in [0, 0.1) is 18.7 Å². The summed E-state index contributed by atoms with van der Waals surface area (Å²) < 4.78 is 13.3. The molecule has 5 nitrogen and oxygen atoms in total. The van der Waals surface area contributed by atoms with Crippen molar-refractivity contribution >= 4 is 17.5 Å². The minimum absolute atomic E-state index is 0.00177. The Kier molecular flexibility index (Phi) is 5.71. The molecule has 0 radical (unpaired) electrons. The average Bonchev–Trinajstić information content (AvgIpc) is 2.47. The Hall–Kier alpha value is -1.95. The number of aliphatic hydroxyl groups excluding tert-OH is 1. The zero-order valence-electron chi connectivity index (χ0n) is 13.5. The molecular formula is C17H23FN2O3. The van der Waals surface area contributed by atoms with E-state index in [2.05, 4.69) is 5.32 Å². The standard InChI is InChI=1S/C17H23FN2O3/c1-11-7-13(18)9-14(8-11)19-16(22)17(23)20(2)10-12-5-3-4-6-15(12)21/h7-9,12,15,21H,3-6,10H2,1-2H3,(H,19,22). The second-order valence-corrected chi connectivity index (χ2v) is 6.27. The van der Waals surface area contributed by atoms with Crippen LogP contribution in [0.25, 0.3) is 0 Å². The number of benzene rings is 1. The summed E-state index contributed by atoms with van der Waals surface area (Å²) in [6.45, 7) is 2.05. The molecule has 0 aromatic heterocycles. The van der Waals surface area contributed by atoms with E-state index in [0.717, 1.165) is 25.7 Å². The van der Waals surface area contributed by atoms with E-state index in [4.69, 9.17) is 0 Å². The van der Waals surface area contributed by atoms with Gasteiger partial charge in [-0.05, 0) is 43.5 Å². The molecule has 1 fully saturated rings. The van der Waals surface area contributed by atoms with E-state index in [1.54, 1.807) is 20.0 Å². The maximum Gasteiger partial charge on any atom is 0.313 e. The van der Waals surface area contributed by atoms with Gasteiger partial charge in [-0.25, -0.2) is 4.39 Å². The van der Waals surface area contributed by atoms with Crippen LogP contribution in [0.2, 0.25) is 0 Å². The van der Waals surface area contributed by atoms with Crippen molar-refractivity contribution in [1.82, 2.24) is 4.90 Å². The number of aryl methyl sites for hydroxylation is 1. The summed E-state index contributed by atoms with van der Waals surface area (Å²) in [6.07, 6.45) is 3.19. The van der Waals surface area contributed by atoms with Crippen LogP contribution in [0.1, 0.15) is 31.2 Å². The highest BCUT2D eigenvalue weighted by molar-refractivity contribution is 6.39. The van der Waals surface area contributed by atoms with Gasteiger partial charge in [0.05, 0.1) is 6.10 Å². The van der Waals surface area contributed by atoms with E-state index in [0.29, 0.717) is 12.1 Å². The maximum absolute atomic E-state index is 13.3. The number of anilines is 1. The van der Waals surface area contributed by atoms with Gasteiger partial charge in [0, 0.05) is 25.2 Å². The van der Waals surface area contributed by atoms with Crippen molar-refractivity contribution in [3.63, 3.8) is 0 Å². The Morgan fingerprint density at radius 3 is 2.65 bits per heavy atom. The van der Waals surface area contributed by atoms with Gasteiger partial charge < -0.3 is 15.3 Å². The molecule has 2 rings (SSSR count). The summed E-state index contributed by atoms with van der Waals surface area (Å²) in [5.74, 6) is -1.96. The monoisotopic (exact) mass is 322 g/mol. The Balaban J connectivity index is 1.94. The van der Waals surface area contributed by atoms with Crippen molar-refractivity contribution in [3.8, 4) is 0 Å². The summed E-state index contributed by atoms with van der Waals surface area (Å²) in [6, 6.07) is 4.11. The largest absolute Gasteiger partial charge is 0.393 e. The van der Waals surface area contributed by atoms with E-state index >= 15 is 0 Å². The number of nitrogens with one attached hydrogen (secondary N) is 1. The number of carbonyl (C=O) groups is 2. The van der Waals surface area contributed by atoms with Crippen molar-refractivity contribution in [3.05, 3.63) is 29.6 Å². The number of hydrogen-bond acceptors (Lipinski definition) is 3. The fraction of sp³-hybridized carbons (Fsp3) is 0.529. The van der Waals surface area contributed by atoms with Gasteiger partial charge >= 0.3 is 11.8 Å². The second-order valence-electron chi connectivity index (χ2n) is 6.27. The zero-order valence-corrected chi connectivity index (χ0v) is 13.5. The lowest BCUT2D eigenvalue weighted by atomic mass is 9.86. The smallest absolute Gasteiger partial charge is 0.313 e. The van der Waals surface area contributed by atoms with Crippen molar-refractivity contribution < 1.29 is 19.1 Å². The fourth-order valence-electron chi connectivity index (χ4n) is 3.00. The molecule has 6 heteroatoms. The number of hydrogen-bond donors (Lipinski definition) is 2. The fourth-order valence-corrected chi connectivity index (χ4v) is 3.00. The molecule has 0 heterocycles. The molecule has 0 spiro atoms. The minimum Gasteiger partial charge on any atom is -0.393 e. The number of aliphatic hydroxyl groups is 1. The summed E-state index contributed by atoms with van der Waals surface area (Å²) in [5.41, 5.74) is 0.915. The topological polar surface area (TPSA) is 69.6 Å². The molecular weight excluding hydrogens is 299 g/mol. The number of rotatable bonds is 3. The molecule has 0 bridgehead atoms. The van der Waals surface area contributed by atoms with Crippen LogP contribution in [-0.4, -0.2) is 41.5 Å². The zero-order chi connectivity index (χ0) is 17.0. The van der Waals surface area contributed by atoms with Gasteiger partial charge in [0.2, 0.25) is 0 Å². The van der Waals surface area contributed by atoms with Gasteiger partial charge in [-0.3, -0.25) is 9.59 Å². The Morgan fingerprint density at radius 1 is 1.30 bits per heavy atom. The van der Waals surface area contributed by atoms with Crippen molar-refractivity contribution in [1.29, 1.82) is 0 Å². The molecule has 1 saturated carbocycles. The van der Waals surface area contributed by atoms with E-state index in [9.17, 15) is 19.1 Å². The predicted molar refractivity (Wildman–Crippen MR) is 85.4 cm³/mol. The number of amides is 2. The van der Waals surface area contributed by atoms with Crippen LogP contribution < -0.4 is 5.32 Å². The first-order valence-electron chi connectivity index (χ1n) is 7.88. The predicted octanol–water partition coefficient (Wildman–Crippen LogP) is 2.08. The van der Waals surface area contributed by atoms with E-state index in [-0.39, 0.29) is 11.6 Å². The third kappa shape index (κ3) is 4.76. The lowest BCUT2D eigenvalue weighted by molar-refractivity contribution is -0.143. The second kappa shape index (κ2) is 7.55. The number of carbonyl (C=O) groups excluding carboxylic acids is 2. The summed E-state index contributed by atoms with van der Waals surface area (Å²) in [4.78, 5) is 25.5. The van der Waals surface area contributed by atoms with Crippen LogP contribution in [0.15, 0.2) is 18.2 Å². The van der Waals surface area contributed by atoms with Crippen LogP contribution in [0.5, 0.6) is 0 Å². The highest BCUT2D eigenvalue weighted by atomic mass is 19.1. The van der Waals surface area contributed by atoms with E-state index < -0.39 is 23.7 Å². The highest BCUT2D eigenvalue weighted by Gasteiger charge is 2.27. The third-order valence-electron chi connectivity index (χ3n) is 4.22. The van der Waals surface area contributed by atoms with Gasteiger partial charge in [0.1, 0.15) is 5.82 Å². The van der Waals surface area contributed by atoms with Crippen LogP contribution >= 0.6 is 0 Å². The van der Waals surface area contributed by atoms with Crippen LogP contribution in [0.4, 0.5) is 10.1 Å². The average molecular weight is 322 g/mol. The third-order valence-corrected chi connectivity index (χ3v) is 4.22. The molecule has 1 aliphatic rings. The molecule has 0 saturated heterocycles. The van der Waals surface area contributed by atoms with Crippen molar-refractivity contribution in [2.45, 2.75) is 38.7 Å². The maximum atomic E-state index is 13.3. The number of halogens is 1. The van der Waals surface area contributed by atoms with Gasteiger partial charge in [-0.1, -0.05) is 12.8 Å². The molecule has 126 valence electrons. The molecule has 1 aromatic carbocycles. The number of nitrogens with zero attached hydrogens (tertiary/aromatic N) is 1. The molecule has 1 aromatic rings. The number of likely N-dealkylation sites (N-methyl/N-ethyl adjacent to an activating group) is 1. The van der Waals surface area contributed by atoms with Gasteiger partial charge in [-0.2, -0.15) is 0 Å². The quantitative estimate of drug-likeness (QED) is 0.837. The molecule has 2 unspecified atom stereocenters. The summed E-state index contributed by atoms with van der Waals surface area (Å²) in [5, 5.41) is 12.4. The minimum atomic E-state index is -0.803. The van der Waals surface area contributed by atoms with Gasteiger partial charge in [-0.15, -0.1) is 0 Å². The molecule has 1 aliphatic carbocycles. The van der Waals surface area contributed by atoms with Crippen LogP contribution in [-0.2, 0) is 9.59 Å². The lowest BCUT2D eigenvalue weighted by Gasteiger charge is -2.30. The van der Waals surface area contributed by atoms with E-state index in [1.807, 2.05) is 0 Å². The van der Waals surface area contributed by atoms with Gasteiger partial charge in [0.15, 0.2) is 0 Å². The van der Waals surface area contributed by atoms with Gasteiger partial charge in [0.25, 0.3) is 0 Å². The molecule has 2 N–H and O–H groups in total. The first kappa shape index (κ1) is 17.4. The van der Waals surface area contributed by atoms with Crippen LogP contribution in [0.3, 0.4) is 0 Å². The molecule has 2 amide bonds. The summed E-state index contributed by atoms with van der Waals surface area (Å²) in [7, 11) is 1.54. The SMILES string of the molecule is Cc1cc(F)cc(NC(=O)C(=O)N(C)CC2CCCCC2O)c1. The first-order chi connectivity index (χ1) is 10.9. The lowest BCUT2D eigenvalue weighted by Crippen LogP contribution is -2.42. The van der Waals surface area contributed by atoms with E-state index in [1.165, 1.54) is 17.0 Å². The molecule has 2 atom stereocenters. The Bertz CT molecular complexity index is 571. The Labute approximate surface area is 135 Å². The van der Waals surface area contributed by atoms with Crippen molar-refractivity contribution in [2.24, 2.45) is 5.92 Å².